The van der Waals surface area contributed by atoms with E-state index in [-0.39, 0.29) is 5.41 Å². The summed E-state index contributed by atoms with van der Waals surface area (Å²) < 4.78 is 0. The molecule has 0 aromatic rings. The Morgan fingerprint density at radius 2 is 1.90 bits per heavy atom. The van der Waals surface area contributed by atoms with E-state index < -0.39 is 0 Å². The van der Waals surface area contributed by atoms with E-state index >= 15 is 0 Å². The van der Waals surface area contributed by atoms with Gasteiger partial charge in [0.15, 0.2) is 0 Å². The molecule has 0 atom stereocenters. The van der Waals surface area contributed by atoms with Gasteiger partial charge in [0.1, 0.15) is 0 Å². The summed E-state index contributed by atoms with van der Waals surface area (Å²) in [5.41, 5.74) is -0.102. The van der Waals surface area contributed by atoms with Gasteiger partial charge in [0.25, 0.3) is 0 Å². The molecule has 4 nitrogen and oxygen atoms in total. The van der Waals surface area contributed by atoms with Crippen LogP contribution in [0.5, 0.6) is 0 Å². The second-order valence-electron chi connectivity index (χ2n) is 7.16. The Morgan fingerprint density at radius 3 is 2.43 bits per heavy atom. The zero-order valence-corrected chi connectivity index (χ0v) is 14.1. The standard InChI is InChI=1S/C17H33N3O/c1-4-7-17(8-10-18-11-9-17)16(21)19-15-5-12-20(13-6-15)14(2)3/h14-15,18H,4-13H2,1-3H3,(H,19,21). The normalized spacial score (nSPS) is 24.2. The fraction of sp³-hybridized carbons (Fsp3) is 0.941. The number of carbonyl (C=O) groups excluding carboxylic acids is 1. The number of piperidine rings is 2. The van der Waals surface area contributed by atoms with Crippen LogP contribution < -0.4 is 10.6 Å². The van der Waals surface area contributed by atoms with E-state index in [1.165, 1.54) is 0 Å². The van der Waals surface area contributed by atoms with Crippen molar-refractivity contribution in [3.63, 3.8) is 0 Å². The molecule has 0 aromatic carbocycles. The third-order valence-electron chi connectivity index (χ3n) is 5.37. The van der Waals surface area contributed by atoms with Crippen LogP contribution in [0.3, 0.4) is 0 Å². The van der Waals surface area contributed by atoms with E-state index in [2.05, 4.69) is 36.3 Å². The number of hydrogen-bond donors (Lipinski definition) is 2. The van der Waals surface area contributed by atoms with Crippen LogP contribution in [0.2, 0.25) is 0 Å². The molecule has 0 aliphatic carbocycles. The van der Waals surface area contributed by atoms with Gasteiger partial charge in [-0.05, 0) is 59.0 Å². The van der Waals surface area contributed by atoms with Crippen molar-refractivity contribution in [2.45, 2.75) is 71.4 Å². The van der Waals surface area contributed by atoms with Gasteiger partial charge in [-0.15, -0.1) is 0 Å². The van der Waals surface area contributed by atoms with E-state index in [0.29, 0.717) is 18.0 Å². The Bertz CT molecular complexity index is 323. The highest BCUT2D eigenvalue weighted by atomic mass is 16.2. The molecule has 0 unspecified atom stereocenters. The lowest BCUT2D eigenvalue weighted by Gasteiger charge is -2.39. The molecule has 2 fully saturated rings. The van der Waals surface area contributed by atoms with Crippen LogP contribution in [0.15, 0.2) is 0 Å². The molecule has 122 valence electrons. The van der Waals surface area contributed by atoms with Crippen molar-refractivity contribution in [2.24, 2.45) is 5.41 Å². The highest BCUT2D eigenvalue weighted by Gasteiger charge is 2.39. The topological polar surface area (TPSA) is 44.4 Å². The van der Waals surface area contributed by atoms with E-state index in [9.17, 15) is 4.79 Å². The monoisotopic (exact) mass is 295 g/mol. The van der Waals surface area contributed by atoms with E-state index in [0.717, 1.165) is 64.7 Å². The molecule has 2 aliphatic rings. The maximum atomic E-state index is 12.8. The number of likely N-dealkylation sites (tertiary alicyclic amines) is 1. The minimum absolute atomic E-state index is 0.102. The average molecular weight is 295 g/mol. The maximum Gasteiger partial charge on any atom is 0.226 e. The molecular formula is C17H33N3O. The van der Waals surface area contributed by atoms with Crippen molar-refractivity contribution in [2.75, 3.05) is 26.2 Å². The van der Waals surface area contributed by atoms with Crippen LogP contribution in [0.4, 0.5) is 0 Å². The maximum absolute atomic E-state index is 12.8. The molecule has 2 heterocycles. The molecule has 0 aromatic heterocycles. The fourth-order valence-corrected chi connectivity index (χ4v) is 3.87. The molecular weight excluding hydrogens is 262 g/mol. The highest BCUT2D eigenvalue weighted by Crippen LogP contribution is 2.34. The van der Waals surface area contributed by atoms with Gasteiger partial charge in [0.05, 0.1) is 5.41 Å². The van der Waals surface area contributed by atoms with Gasteiger partial charge in [-0.2, -0.15) is 0 Å². The second-order valence-corrected chi connectivity index (χ2v) is 7.16. The Balaban J connectivity index is 1.88. The number of amides is 1. The first-order valence-electron chi connectivity index (χ1n) is 8.83. The summed E-state index contributed by atoms with van der Waals surface area (Å²) >= 11 is 0. The predicted octanol–water partition coefficient (Wildman–Crippen LogP) is 2.15. The summed E-state index contributed by atoms with van der Waals surface area (Å²) in [5.74, 6) is 0.328. The van der Waals surface area contributed by atoms with Gasteiger partial charge in [-0.3, -0.25) is 4.79 Å². The highest BCUT2D eigenvalue weighted by molar-refractivity contribution is 5.83. The SMILES string of the molecule is CCCC1(C(=O)NC2CCN(C(C)C)CC2)CCNCC1. The van der Waals surface area contributed by atoms with E-state index in [1.807, 2.05) is 0 Å². The third kappa shape index (κ3) is 4.19. The molecule has 0 saturated carbocycles. The van der Waals surface area contributed by atoms with E-state index in [4.69, 9.17) is 0 Å². The van der Waals surface area contributed by atoms with Crippen LogP contribution in [0, 0.1) is 5.41 Å². The summed E-state index contributed by atoms with van der Waals surface area (Å²) in [4.78, 5) is 15.4. The van der Waals surface area contributed by atoms with Gasteiger partial charge >= 0.3 is 0 Å². The molecule has 0 radical (unpaired) electrons. The smallest absolute Gasteiger partial charge is 0.226 e. The van der Waals surface area contributed by atoms with Crippen molar-refractivity contribution in [3.8, 4) is 0 Å². The Labute approximate surface area is 130 Å². The largest absolute Gasteiger partial charge is 0.353 e. The van der Waals surface area contributed by atoms with E-state index in [1.54, 1.807) is 0 Å². The van der Waals surface area contributed by atoms with Gasteiger partial charge in [-0.1, -0.05) is 13.3 Å². The fourth-order valence-electron chi connectivity index (χ4n) is 3.87. The molecule has 0 spiro atoms. The second kappa shape index (κ2) is 7.59. The molecule has 21 heavy (non-hydrogen) atoms. The molecule has 0 bridgehead atoms. The minimum Gasteiger partial charge on any atom is -0.353 e. The van der Waals surface area contributed by atoms with Crippen molar-refractivity contribution < 1.29 is 4.79 Å². The quantitative estimate of drug-likeness (QED) is 0.817. The van der Waals surface area contributed by atoms with Gasteiger partial charge in [0.2, 0.25) is 5.91 Å². The molecule has 2 aliphatic heterocycles. The number of hydrogen-bond acceptors (Lipinski definition) is 3. The molecule has 1 amide bonds. The van der Waals surface area contributed by atoms with Crippen LogP contribution in [0.1, 0.15) is 59.3 Å². The lowest BCUT2D eigenvalue weighted by Crippen LogP contribution is -2.53. The summed E-state index contributed by atoms with van der Waals surface area (Å²) in [6, 6.07) is 1.01. The Kier molecular flexibility index (Phi) is 6.06. The number of rotatable bonds is 5. The molecule has 2 rings (SSSR count). The zero-order chi connectivity index (χ0) is 15.3. The summed E-state index contributed by atoms with van der Waals surface area (Å²) in [6.07, 6.45) is 6.33. The average Bonchev–Trinajstić information content (AvgIpc) is 2.49. The van der Waals surface area contributed by atoms with Crippen LogP contribution >= 0.6 is 0 Å². The molecule has 4 heteroatoms. The lowest BCUT2D eigenvalue weighted by molar-refractivity contribution is -0.134. The Morgan fingerprint density at radius 1 is 1.29 bits per heavy atom. The van der Waals surface area contributed by atoms with Crippen LogP contribution in [0.25, 0.3) is 0 Å². The van der Waals surface area contributed by atoms with Gasteiger partial charge < -0.3 is 15.5 Å². The zero-order valence-electron chi connectivity index (χ0n) is 14.1. The van der Waals surface area contributed by atoms with Gasteiger partial charge in [0, 0.05) is 25.2 Å². The predicted molar refractivity (Wildman–Crippen MR) is 87.3 cm³/mol. The summed E-state index contributed by atoms with van der Waals surface area (Å²) in [7, 11) is 0. The van der Waals surface area contributed by atoms with Gasteiger partial charge in [-0.25, -0.2) is 0 Å². The first kappa shape index (κ1) is 16.8. The Hall–Kier alpha value is -0.610. The van der Waals surface area contributed by atoms with Crippen molar-refractivity contribution in [1.29, 1.82) is 0 Å². The number of nitrogens with zero attached hydrogens (tertiary/aromatic N) is 1. The van der Waals surface area contributed by atoms with Crippen LogP contribution in [-0.2, 0) is 4.79 Å². The first-order chi connectivity index (χ1) is 10.1. The van der Waals surface area contributed by atoms with Crippen molar-refractivity contribution >= 4 is 5.91 Å². The van der Waals surface area contributed by atoms with Crippen molar-refractivity contribution in [3.05, 3.63) is 0 Å². The summed E-state index contributed by atoms with van der Waals surface area (Å²) in [6.45, 7) is 10.9. The number of carbonyl (C=O) groups is 1. The summed E-state index contributed by atoms with van der Waals surface area (Å²) in [5, 5.41) is 6.77. The minimum atomic E-state index is -0.102. The first-order valence-corrected chi connectivity index (χ1v) is 8.83. The van der Waals surface area contributed by atoms with Crippen LogP contribution in [-0.4, -0.2) is 49.1 Å². The lowest BCUT2D eigenvalue weighted by atomic mass is 9.74. The third-order valence-corrected chi connectivity index (χ3v) is 5.37. The van der Waals surface area contributed by atoms with Crippen molar-refractivity contribution in [1.82, 2.24) is 15.5 Å². The molecule has 2 N–H and O–H groups in total. The number of nitrogens with one attached hydrogen (secondary N) is 2. The molecule has 2 saturated heterocycles.